The summed E-state index contributed by atoms with van der Waals surface area (Å²) in [4.78, 5) is 14.1. The van der Waals surface area contributed by atoms with E-state index in [-0.39, 0.29) is 11.6 Å². The number of benzene rings is 1. The van der Waals surface area contributed by atoms with Crippen LogP contribution in [-0.4, -0.2) is 31.6 Å². The van der Waals surface area contributed by atoms with Gasteiger partial charge in [-0.3, -0.25) is 4.57 Å². The second kappa shape index (κ2) is 8.81. The Morgan fingerprint density at radius 3 is 2.35 bits per heavy atom. The Hall–Kier alpha value is -2.09. The van der Waals surface area contributed by atoms with Gasteiger partial charge < -0.3 is 16.4 Å². The van der Waals surface area contributed by atoms with Crippen molar-refractivity contribution in [2.75, 3.05) is 17.2 Å². The van der Waals surface area contributed by atoms with Crippen LogP contribution in [0.25, 0.3) is 11.2 Å². The smallest absolute Gasteiger partial charge is 0.225 e. The first-order chi connectivity index (χ1) is 14.7. The monoisotopic (exact) mass is 461 g/mol. The van der Waals surface area contributed by atoms with Crippen molar-refractivity contribution < 1.29 is 0 Å². The van der Waals surface area contributed by atoms with E-state index in [9.17, 15) is 0 Å². The minimum absolute atomic E-state index is 0.143. The summed E-state index contributed by atoms with van der Waals surface area (Å²) < 4.78 is 2.20. The maximum Gasteiger partial charge on any atom is 0.225 e. The lowest BCUT2D eigenvalue weighted by atomic mass is 9.86. The molecule has 0 saturated heterocycles. The molecule has 7 nitrogen and oxygen atoms in total. The summed E-state index contributed by atoms with van der Waals surface area (Å²) in [5.41, 5.74) is 8.11. The standard InChI is InChI=1S/C22H29Cl2N7/c1-22(2,3)30-20-26-12-18-19(29-20)31(17-6-4-13(11-25)5-7-17)21(28-18)27-16-9-14(23)8-15(24)10-16/h8-10,12-13,17H,4-7,11,25H2,1-3H3,(H,27,28)(H,26,29,30)/t13-,17+. The average Bonchev–Trinajstić information content (AvgIpc) is 3.03. The van der Waals surface area contributed by atoms with Crippen molar-refractivity contribution in [1.29, 1.82) is 0 Å². The number of imidazole rings is 1. The zero-order chi connectivity index (χ0) is 22.2. The first-order valence-electron chi connectivity index (χ1n) is 10.7. The van der Waals surface area contributed by atoms with Crippen LogP contribution in [0.1, 0.15) is 52.5 Å². The van der Waals surface area contributed by atoms with Crippen molar-refractivity contribution in [2.45, 2.75) is 58.0 Å². The minimum atomic E-state index is -0.143. The molecule has 166 valence electrons. The number of hydrogen-bond acceptors (Lipinski definition) is 6. The molecule has 0 bridgehead atoms. The third-order valence-corrected chi connectivity index (χ3v) is 5.99. The Morgan fingerprint density at radius 2 is 1.74 bits per heavy atom. The van der Waals surface area contributed by atoms with Gasteiger partial charge in [-0.15, -0.1) is 0 Å². The topological polar surface area (TPSA) is 93.7 Å². The Morgan fingerprint density at radius 1 is 1.06 bits per heavy atom. The van der Waals surface area contributed by atoms with Crippen LogP contribution in [0.2, 0.25) is 10.0 Å². The first-order valence-corrected chi connectivity index (χ1v) is 11.4. The molecule has 2 heterocycles. The molecular formula is C22H29Cl2N7. The highest BCUT2D eigenvalue weighted by Crippen LogP contribution is 2.37. The van der Waals surface area contributed by atoms with E-state index in [0.717, 1.165) is 49.1 Å². The van der Waals surface area contributed by atoms with Crippen LogP contribution < -0.4 is 16.4 Å². The van der Waals surface area contributed by atoms with E-state index in [2.05, 4.69) is 41.0 Å². The largest absolute Gasteiger partial charge is 0.350 e. The highest BCUT2D eigenvalue weighted by molar-refractivity contribution is 6.35. The summed E-state index contributed by atoms with van der Waals surface area (Å²) in [6.45, 7) is 7.00. The number of rotatable bonds is 5. The third kappa shape index (κ3) is 5.22. The zero-order valence-corrected chi connectivity index (χ0v) is 19.6. The van der Waals surface area contributed by atoms with Gasteiger partial charge in [-0.05, 0) is 77.1 Å². The molecule has 0 atom stereocenters. The fraction of sp³-hybridized carbons (Fsp3) is 0.500. The number of nitrogens with two attached hydrogens (primary N) is 1. The van der Waals surface area contributed by atoms with Gasteiger partial charge in [-0.1, -0.05) is 23.2 Å². The fourth-order valence-corrected chi connectivity index (χ4v) is 4.64. The Balaban J connectivity index is 1.76. The maximum atomic E-state index is 6.20. The summed E-state index contributed by atoms with van der Waals surface area (Å²) in [5, 5.41) is 7.90. The van der Waals surface area contributed by atoms with Crippen molar-refractivity contribution in [3.63, 3.8) is 0 Å². The van der Waals surface area contributed by atoms with E-state index in [1.54, 1.807) is 12.3 Å². The van der Waals surface area contributed by atoms with Gasteiger partial charge in [-0.25, -0.2) is 9.97 Å². The molecular weight excluding hydrogens is 433 g/mol. The molecule has 0 radical (unpaired) electrons. The molecule has 31 heavy (non-hydrogen) atoms. The highest BCUT2D eigenvalue weighted by Gasteiger charge is 2.27. The third-order valence-electron chi connectivity index (χ3n) is 5.55. The van der Waals surface area contributed by atoms with Gasteiger partial charge in [0.05, 0.1) is 6.20 Å². The first kappa shape index (κ1) is 22.1. The molecule has 0 aliphatic heterocycles. The van der Waals surface area contributed by atoms with Crippen LogP contribution in [0.15, 0.2) is 24.4 Å². The lowest BCUT2D eigenvalue weighted by molar-refractivity contribution is 0.284. The van der Waals surface area contributed by atoms with E-state index in [0.29, 0.717) is 27.9 Å². The van der Waals surface area contributed by atoms with E-state index in [4.69, 9.17) is 38.9 Å². The molecule has 9 heteroatoms. The molecule has 2 aromatic heterocycles. The van der Waals surface area contributed by atoms with Crippen molar-refractivity contribution in [2.24, 2.45) is 11.7 Å². The Labute approximate surface area is 192 Å². The van der Waals surface area contributed by atoms with Gasteiger partial charge in [-0.2, -0.15) is 4.98 Å². The number of anilines is 3. The normalized spacial score (nSPS) is 19.5. The molecule has 1 fully saturated rings. The molecule has 4 rings (SSSR count). The maximum absolute atomic E-state index is 6.20. The molecule has 1 aliphatic carbocycles. The molecule has 1 saturated carbocycles. The number of halogens is 2. The number of fused-ring (bicyclic) bond motifs is 1. The average molecular weight is 462 g/mol. The van der Waals surface area contributed by atoms with Gasteiger partial charge >= 0.3 is 0 Å². The summed E-state index contributed by atoms with van der Waals surface area (Å²) in [6.07, 6.45) is 6.03. The van der Waals surface area contributed by atoms with Gasteiger partial charge in [0.15, 0.2) is 5.65 Å². The van der Waals surface area contributed by atoms with E-state index in [1.165, 1.54) is 0 Å². The van der Waals surface area contributed by atoms with Crippen LogP contribution in [0, 0.1) is 5.92 Å². The molecule has 0 unspecified atom stereocenters. The molecule has 1 aliphatic rings. The predicted octanol–water partition coefficient (Wildman–Crippen LogP) is 5.78. The lowest BCUT2D eigenvalue weighted by Crippen LogP contribution is -2.27. The number of nitrogens with zero attached hydrogens (tertiary/aromatic N) is 4. The van der Waals surface area contributed by atoms with Crippen LogP contribution >= 0.6 is 23.2 Å². The van der Waals surface area contributed by atoms with Gasteiger partial charge in [0.1, 0.15) is 5.52 Å². The fourth-order valence-electron chi connectivity index (χ4n) is 4.11. The van der Waals surface area contributed by atoms with Crippen LogP contribution in [0.4, 0.5) is 17.6 Å². The molecule has 4 N–H and O–H groups in total. The van der Waals surface area contributed by atoms with Crippen LogP contribution in [0.3, 0.4) is 0 Å². The van der Waals surface area contributed by atoms with E-state index >= 15 is 0 Å². The van der Waals surface area contributed by atoms with Crippen molar-refractivity contribution >= 4 is 51.9 Å². The van der Waals surface area contributed by atoms with Crippen molar-refractivity contribution in [3.05, 3.63) is 34.4 Å². The highest BCUT2D eigenvalue weighted by atomic mass is 35.5. The number of nitrogens with one attached hydrogen (secondary N) is 2. The summed E-state index contributed by atoms with van der Waals surface area (Å²) >= 11 is 12.4. The number of aromatic nitrogens is 4. The van der Waals surface area contributed by atoms with Crippen LogP contribution in [-0.2, 0) is 0 Å². The second-order valence-corrected chi connectivity index (χ2v) is 10.1. The summed E-state index contributed by atoms with van der Waals surface area (Å²) in [6, 6.07) is 5.66. The quantitative estimate of drug-likeness (QED) is 0.445. The zero-order valence-electron chi connectivity index (χ0n) is 18.1. The van der Waals surface area contributed by atoms with E-state index in [1.807, 2.05) is 12.1 Å². The SMILES string of the molecule is CC(C)(C)Nc1ncc2nc(Nc3cc(Cl)cc(Cl)c3)n([C@H]3CC[C@@H](CN)CC3)c2n1. The Kier molecular flexibility index (Phi) is 6.28. The van der Waals surface area contributed by atoms with Crippen molar-refractivity contribution in [3.8, 4) is 0 Å². The van der Waals surface area contributed by atoms with Gasteiger partial charge in [0.2, 0.25) is 11.9 Å². The van der Waals surface area contributed by atoms with Gasteiger partial charge in [0, 0.05) is 27.3 Å². The lowest BCUT2D eigenvalue weighted by Gasteiger charge is -2.30. The molecule has 0 amide bonds. The van der Waals surface area contributed by atoms with Crippen molar-refractivity contribution in [1.82, 2.24) is 19.5 Å². The summed E-state index contributed by atoms with van der Waals surface area (Å²) in [7, 11) is 0. The number of hydrogen-bond donors (Lipinski definition) is 3. The second-order valence-electron chi connectivity index (χ2n) is 9.28. The molecule has 3 aromatic rings. The molecule has 0 spiro atoms. The predicted molar refractivity (Wildman–Crippen MR) is 128 cm³/mol. The van der Waals surface area contributed by atoms with E-state index < -0.39 is 0 Å². The summed E-state index contributed by atoms with van der Waals surface area (Å²) in [5.74, 6) is 1.89. The van der Waals surface area contributed by atoms with Crippen LogP contribution in [0.5, 0.6) is 0 Å². The molecule has 1 aromatic carbocycles. The minimum Gasteiger partial charge on any atom is -0.350 e. The van der Waals surface area contributed by atoms with Gasteiger partial charge in [0.25, 0.3) is 0 Å². The Bertz CT molecular complexity index is 1050.